The predicted molar refractivity (Wildman–Crippen MR) is 192 cm³/mol. The minimum absolute atomic E-state index is 0.0769. The fraction of sp³-hybridized carbons (Fsp3) is 0.886. The molecule has 0 radical (unpaired) electrons. The number of allylic oxidation sites excluding steroid dienone is 3. The van der Waals surface area contributed by atoms with Gasteiger partial charge in [0.1, 0.15) is 0 Å². The fourth-order valence-electron chi connectivity index (χ4n) is 11.1. The molecule has 4 saturated carbocycles. The molecule has 5 atom stereocenters. The number of rotatable bonds is 8. The van der Waals surface area contributed by atoms with E-state index in [0.717, 1.165) is 29.3 Å². The van der Waals surface area contributed by atoms with E-state index in [-0.39, 0.29) is 13.1 Å². The van der Waals surface area contributed by atoms with Gasteiger partial charge in [-0.2, -0.15) is 0 Å². The van der Waals surface area contributed by atoms with E-state index >= 15 is 0 Å². The van der Waals surface area contributed by atoms with E-state index in [1.165, 1.54) is 44.9 Å². The van der Waals surface area contributed by atoms with Crippen molar-refractivity contribution in [2.75, 3.05) is 19.3 Å². The Hall–Kier alpha value is 0.694. The van der Waals surface area contributed by atoms with E-state index in [1.807, 2.05) is 16.0 Å². The van der Waals surface area contributed by atoms with Crippen molar-refractivity contribution in [3.05, 3.63) is 22.0 Å². The maximum atomic E-state index is 4.08. The monoisotopic (exact) mass is 630 g/mol. The molecule has 7 rings (SSSR count). The molecule has 41 heavy (non-hydrogen) atoms. The third-order valence-corrected chi connectivity index (χ3v) is 22.2. The molecule has 0 aromatic carbocycles. The van der Waals surface area contributed by atoms with Crippen molar-refractivity contribution in [3.63, 3.8) is 0 Å². The summed E-state index contributed by atoms with van der Waals surface area (Å²) in [5, 5.41) is 12.6. The average molecular weight is 631 g/mol. The Balaban J connectivity index is 1.46. The van der Waals surface area contributed by atoms with Crippen molar-refractivity contribution in [1.29, 1.82) is 0 Å². The third-order valence-electron chi connectivity index (χ3n) is 12.5. The Kier molecular flexibility index (Phi) is 8.64. The van der Waals surface area contributed by atoms with Crippen molar-refractivity contribution in [1.82, 2.24) is 10.6 Å². The summed E-state index contributed by atoms with van der Waals surface area (Å²) in [5.74, 6) is 4.90. The zero-order valence-corrected chi connectivity index (χ0v) is 32.3. The Bertz CT molecular complexity index is 1010. The van der Waals surface area contributed by atoms with Gasteiger partial charge < -0.3 is 10.6 Å². The first kappa shape index (κ1) is 31.7. The highest BCUT2D eigenvalue weighted by molar-refractivity contribution is 7.60. The van der Waals surface area contributed by atoms with Crippen LogP contribution in [0.15, 0.2) is 22.0 Å². The summed E-state index contributed by atoms with van der Waals surface area (Å²) >= 11 is 0. The lowest BCUT2D eigenvalue weighted by atomic mass is 9.56. The summed E-state index contributed by atoms with van der Waals surface area (Å²) in [6.07, 6.45) is 17.6. The molecule has 4 bridgehead atoms. The van der Waals surface area contributed by atoms with Gasteiger partial charge >= 0.3 is 0 Å². The predicted octanol–water partition coefficient (Wildman–Crippen LogP) is 8.82. The first-order valence-corrected chi connectivity index (χ1v) is 26.8. The Morgan fingerprint density at radius 1 is 0.805 bits per heavy atom. The zero-order chi connectivity index (χ0) is 29.5. The van der Waals surface area contributed by atoms with Gasteiger partial charge in [-0.05, 0) is 112 Å². The SMILES string of the molecule is CC(C)(C)P(CC1C(C(P)(C2CCCN2)C2CCCN2)=CC([Si](C)(C)C)=C1[Si](C)(C)C)C1C2CC3CC(C2)CC1C3. The molecular formula is C35H64N2P2Si2. The molecule has 232 valence electrons. The Morgan fingerprint density at radius 3 is 1.71 bits per heavy atom. The molecule has 7 aliphatic rings. The van der Waals surface area contributed by atoms with Crippen LogP contribution in [0.1, 0.15) is 78.6 Å². The molecule has 0 aromatic rings. The quantitative estimate of drug-likeness (QED) is 0.207. The van der Waals surface area contributed by atoms with Crippen molar-refractivity contribution >= 4 is 33.3 Å². The Morgan fingerprint density at radius 2 is 1.32 bits per heavy atom. The van der Waals surface area contributed by atoms with Crippen LogP contribution in [0.5, 0.6) is 0 Å². The third kappa shape index (κ3) is 5.78. The number of hydrogen-bond acceptors (Lipinski definition) is 2. The summed E-state index contributed by atoms with van der Waals surface area (Å²) in [7, 11) is 0.484. The van der Waals surface area contributed by atoms with Crippen LogP contribution in [0.2, 0.25) is 39.3 Å². The van der Waals surface area contributed by atoms with Crippen LogP contribution in [0.25, 0.3) is 0 Å². The van der Waals surface area contributed by atoms with Gasteiger partial charge in [-0.15, -0.1) is 9.24 Å². The molecule has 2 aliphatic heterocycles. The topological polar surface area (TPSA) is 24.1 Å². The Labute approximate surface area is 259 Å². The van der Waals surface area contributed by atoms with Gasteiger partial charge in [0.2, 0.25) is 0 Å². The maximum Gasteiger partial charge on any atom is 0.0770 e. The normalized spacial score (nSPS) is 39.9. The van der Waals surface area contributed by atoms with E-state index < -0.39 is 16.1 Å². The molecule has 2 heterocycles. The lowest BCUT2D eigenvalue weighted by molar-refractivity contribution is 0.0242. The zero-order valence-electron chi connectivity index (χ0n) is 28.2. The van der Waals surface area contributed by atoms with E-state index in [9.17, 15) is 0 Å². The van der Waals surface area contributed by atoms with Crippen LogP contribution in [-0.2, 0) is 0 Å². The van der Waals surface area contributed by atoms with Crippen molar-refractivity contribution in [3.8, 4) is 0 Å². The minimum atomic E-state index is -1.54. The summed E-state index contributed by atoms with van der Waals surface area (Å²) < 4.78 is 0. The van der Waals surface area contributed by atoms with Crippen molar-refractivity contribution < 1.29 is 0 Å². The first-order chi connectivity index (χ1) is 19.1. The fourth-order valence-corrected chi connectivity index (χ4v) is 22.1. The van der Waals surface area contributed by atoms with Crippen molar-refractivity contribution in [2.24, 2.45) is 29.6 Å². The second-order valence-corrected chi connectivity index (χ2v) is 32.7. The van der Waals surface area contributed by atoms with Gasteiger partial charge in [-0.1, -0.05) is 90.0 Å². The van der Waals surface area contributed by atoms with Crippen molar-refractivity contribution in [2.45, 2.75) is 146 Å². The van der Waals surface area contributed by atoms with Gasteiger partial charge in [0.15, 0.2) is 0 Å². The lowest BCUT2D eigenvalue weighted by Crippen LogP contribution is -2.57. The molecule has 0 aromatic heterocycles. The molecule has 0 amide bonds. The molecule has 5 unspecified atom stereocenters. The van der Waals surface area contributed by atoms with Gasteiger partial charge in [-0.3, -0.25) is 0 Å². The molecule has 6 fully saturated rings. The van der Waals surface area contributed by atoms with E-state index in [2.05, 4.69) is 86.0 Å². The molecule has 2 N–H and O–H groups in total. The largest absolute Gasteiger partial charge is 0.313 e. The van der Waals surface area contributed by atoms with Gasteiger partial charge in [0, 0.05) is 23.2 Å². The standard InChI is InChI=1S/C35H64N2P2Si2/c1-34(2,3)39(32-25-17-23-16-24(19-25)20-26(32)18-23)22-27-28(21-29(40(4,5)6)33(27)41(7,8)9)35(38,30-12-10-14-36-30)31-13-11-15-37-31/h21,23-27,30-32,36-37H,10-20,22,38H2,1-9H3. The van der Waals surface area contributed by atoms with Gasteiger partial charge in [0.25, 0.3) is 0 Å². The minimum Gasteiger partial charge on any atom is -0.313 e. The van der Waals surface area contributed by atoms with Crippen LogP contribution >= 0.6 is 17.2 Å². The van der Waals surface area contributed by atoms with Crippen LogP contribution < -0.4 is 10.6 Å². The highest BCUT2D eigenvalue weighted by Gasteiger charge is 2.56. The maximum absolute atomic E-state index is 4.08. The van der Waals surface area contributed by atoms with Crippen LogP contribution in [0, 0.1) is 29.6 Å². The van der Waals surface area contributed by atoms with Gasteiger partial charge in [0.05, 0.1) is 16.1 Å². The summed E-state index contributed by atoms with van der Waals surface area (Å²) in [4.78, 5) is 0. The smallest absolute Gasteiger partial charge is 0.0770 e. The highest BCUT2D eigenvalue weighted by atomic mass is 31.1. The first-order valence-electron chi connectivity index (χ1n) is 17.6. The second kappa shape index (κ2) is 11.2. The van der Waals surface area contributed by atoms with E-state index in [4.69, 9.17) is 0 Å². The summed E-state index contributed by atoms with van der Waals surface area (Å²) in [6, 6.07) is 1.17. The molecule has 6 heteroatoms. The number of hydrogen-bond donors (Lipinski definition) is 2. The number of nitrogens with one attached hydrogen (secondary N) is 2. The van der Waals surface area contributed by atoms with Crippen LogP contribution in [0.3, 0.4) is 0 Å². The summed E-state index contributed by atoms with van der Waals surface area (Å²) in [5.41, 5.74) is 2.88. The lowest BCUT2D eigenvalue weighted by Gasteiger charge is -2.59. The molecular weight excluding hydrogens is 567 g/mol. The van der Waals surface area contributed by atoms with Crippen LogP contribution in [0.4, 0.5) is 0 Å². The second-order valence-electron chi connectivity index (χ2n) is 18.5. The van der Waals surface area contributed by atoms with Gasteiger partial charge in [-0.25, -0.2) is 0 Å². The van der Waals surface area contributed by atoms with E-state index in [0.29, 0.717) is 23.2 Å². The van der Waals surface area contributed by atoms with Crippen LogP contribution in [-0.4, -0.2) is 63.5 Å². The molecule has 2 nitrogen and oxygen atoms in total. The highest BCUT2D eigenvalue weighted by Crippen LogP contribution is 2.69. The molecule has 5 aliphatic carbocycles. The molecule has 2 saturated heterocycles. The summed E-state index contributed by atoms with van der Waals surface area (Å²) in [6.45, 7) is 26.4. The average Bonchev–Trinajstić information content (AvgIpc) is 3.62. The molecule has 0 spiro atoms. The van der Waals surface area contributed by atoms with E-state index in [1.54, 1.807) is 32.1 Å².